The Balaban J connectivity index is 2.09. The number of rotatable bonds is 5. The summed E-state index contributed by atoms with van der Waals surface area (Å²) in [5.41, 5.74) is 1.82. The number of benzene rings is 2. The molecule has 0 aliphatic rings. The Hall–Kier alpha value is -1.97. The van der Waals surface area contributed by atoms with Gasteiger partial charge in [0.2, 0.25) is 0 Å². The Labute approximate surface area is 134 Å². The van der Waals surface area contributed by atoms with E-state index in [2.05, 4.69) is 11.6 Å². The number of para-hydroxylation sites is 1. The molecule has 0 aliphatic carbocycles. The van der Waals surface area contributed by atoms with Crippen molar-refractivity contribution in [2.75, 3.05) is 0 Å². The maximum absolute atomic E-state index is 11.4. The largest absolute Gasteiger partial charge is 0.378 e. The second-order valence-corrected chi connectivity index (χ2v) is 6.70. The van der Waals surface area contributed by atoms with Gasteiger partial charge in [0.05, 0.1) is 10.2 Å². The minimum Gasteiger partial charge on any atom is -0.378 e. The fourth-order valence-electron chi connectivity index (χ4n) is 2.53. The number of thiazole rings is 1. The molecule has 0 aliphatic heterocycles. The van der Waals surface area contributed by atoms with E-state index in [0.29, 0.717) is 6.42 Å². The summed E-state index contributed by atoms with van der Waals surface area (Å²) in [6.07, 6.45) is 1.35. The molecule has 0 fully saturated rings. The van der Waals surface area contributed by atoms with Crippen LogP contribution in [0.25, 0.3) is 10.2 Å². The molecule has 0 spiro atoms. The third kappa shape index (κ3) is 2.82. The van der Waals surface area contributed by atoms with Gasteiger partial charge in [0.1, 0.15) is 10.6 Å². The smallest absolute Gasteiger partial charge is 0.141 e. The second kappa shape index (κ2) is 6.03. The molecule has 0 amide bonds. The van der Waals surface area contributed by atoms with Crippen LogP contribution in [-0.2, 0) is 5.60 Å². The monoisotopic (exact) mass is 309 g/mol. The van der Waals surface area contributed by atoms with Crippen LogP contribution in [0.2, 0.25) is 0 Å². The SMILES string of the molecule is C=C(C)CCC(O)(c1ccccc1)c1nc2ccccc2s1. The number of nitrogens with zero attached hydrogens (tertiary/aromatic N) is 1. The van der Waals surface area contributed by atoms with Crippen LogP contribution in [0.5, 0.6) is 0 Å². The summed E-state index contributed by atoms with van der Waals surface area (Å²) < 4.78 is 1.10. The lowest BCUT2D eigenvalue weighted by Gasteiger charge is -2.26. The Kier molecular flexibility index (Phi) is 4.10. The van der Waals surface area contributed by atoms with Gasteiger partial charge < -0.3 is 5.11 Å². The molecule has 22 heavy (non-hydrogen) atoms. The van der Waals surface area contributed by atoms with Gasteiger partial charge in [0, 0.05) is 0 Å². The second-order valence-electron chi connectivity index (χ2n) is 5.67. The van der Waals surface area contributed by atoms with Gasteiger partial charge in [-0.2, -0.15) is 0 Å². The zero-order valence-corrected chi connectivity index (χ0v) is 13.4. The van der Waals surface area contributed by atoms with Gasteiger partial charge in [0.25, 0.3) is 0 Å². The van der Waals surface area contributed by atoms with Gasteiger partial charge in [-0.25, -0.2) is 4.98 Å². The first-order valence-corrected chi connectivity index (χ1v) is 8.19. The normalized spacial score (nSPS) is 13.9. The van der Waals surface area contributed by atoms with Crippen LogP contribution < -0.4 is 0 Å². The highest BCUT2D eigenvalue weighted by atomic mass is 32.1. The highest BCUT2D eigenvalue weighted by Crippen LogP contribution is 2.39. The summed E-state index contributed by atoms with van der Waals surface area (Å²) in [6.45, 7) is 5.95. The molecule has 3 heteroatoms. The summed E-state index contributed by atoms with van der Waals surface area (Å²) in [7, 11) is 0. The lowest BCUT2D eigenvalue weighted by atomic mass is 9.88. The number of allylic oxidation sites excluding steroid dienone is 1. The summed E-state index contributed by atoms with van der Waals surface area (Å²) in [6, 6.07) is 17.8. The molecule has 0 saturated carbocycles. The Bertz CT molecular complexity index is 760. The van der Waals surface area contributed by atoms with Crippen molar-refractivity contribution in [2.45, 2.75) is 25.4 Å². The van der Waals surface area contributed by atoms with E-state index in [1.165, 1.54) is 0 Å². The van der Waals surface area contributed by atoms with E-state index < -0.39 is 5.60 Å². The van der Waals surface area contributed by atoms with Gasteiger partial charge in [0.15, 0.2) is 0 Å². The number of hydrogen-bond donors (Lipinski definition) is 1. The predicted molar refractivity (Wildman–Crippen MR) is 93.1 cm³/mol. The van der Waals surface area contributed by atoms with E-state index in [-0.39, 0.29) is 0 Å². The number of aromatic nitrogens is 1. The van der Waals surface area contributed by atoms with Crippen molar-refractivity contribution in [3.05, 3.63) is 77.3 Å². The molecule has 1 unspecified atom stereocenters. The van der Waals surface area contributed by atoms with Crippen molar-refractivity contribution < 1.29 is 5.11 Å². The molecule has 1 N–H and O–H groups in total. The van der Waals surface area contributed by atoms with Gasteiger partial charge in [-0.3, -0.25) is 0 Å². The summed E-state index contributed by atoms with van der Waals surface area (Å²) in [4.78, 5) is 4.68. The first kappa shape index (κ1) is 14.9. The average Bonchev–Trinajstić information content (AvgIpc) is 2.98. The molecule has 112 valence electrons. The van der Waals surface area contributed by atoms with E-state index in [0.717, 1.165) is 32.8 Å². The van der Waals surface area contributed by atoms with Gasteiger partial charge >= 0.3 is 0 Å². The van der Waals surface area contributed by atoms with Crippen LogP contribution in [0.3, 0.4) is 0 Å². The Morgan fingerprint density at radius 2 is 1.82 bits per heavy atom. The van der Waals surface area contributed by atoms with Crippen LogP contribution in [0.1, 0.15) is 30.3 Å². The maximum Gasteiger partial charge on any atom is 0.141 e. The molecule has 2 aromatic carbocycles. The van der Waals surface area contributed by atoms with Crippen molar-refractivity contribution in [1.29, 1.82) is 0 Å². The van der Waals surface area contributed by atoms with Crippen LogP contribution in [-0.4, -0.2) is 10.1 Å². The van der Waals surface area contributed by atoms with Gasteiger partial charge in [-0.15, -0.1) is 17.9 Å². The van der Waals surface area contributed by atoms with Gasteiger partial charge in [-0.1, -0.05) is 48.0 Å². The Morgan fingerprint density at radius 3 is 2.50 bits per heavy atom. The first-order valence-electron chi connectivity index (χ1n) is 7.38. The third-order valence-corrected chi connectivity index (χ3v) is 5.00. The lowest BCUT2D eigenvalue weighted by molar-refractivity contribution is 0.0712. The zero-order valence-electron chi connectivity index (χ0n) is 12.6. The van der Waals surface area contributed by atoms with Crippen molar-refractivity contribution in [3.63, 3.8) is 0 Å². The standard InChI is InChI=1S/C19H19NOS/c1-14(2)12-13-19(21,15-8-4-3-5-9-15)18-20-16-10-6-7-11-17(16)22-18/h3-11,21H,1,12-13H2,2H3. The molecular weight excluding hydrogens is 290 g/mol. The molecule has 1 heterocycles. The molecule has 0 radical (unpaired) electrons. The maximum atomic E-state index is 11.4. The molecule has 3 aromatic rings. The molecule has 0 bridgehead atoms. The molecular formula is C19H19NOS. The molecule has 1 atom stereocenters. The quantitative estimate of drug-likeness (QED) is 0.681. The van der Waals surface area contributed by atoms with Crippen molar-refractivity contribution in [1.82, 2.24) is 4.98 Å². The Morgan fingerprint density at radius 1 is 1.14 bits per heavy atom. The first-order chi connectivity index (χ1) is 10.6. The summed E-state index contributed by atoms with van der Waals surface area (Å²) in [5.74, 6) is 0. The molecule has 3 rings (SSSR count). The predicted octanol–water partition coefficient (Wildman–Crippen LogP) is 4.89. The van der Waals surface area contributed by atoms with Gasteiger partial charge in [-0.05, 0) is 37.5 Å². The topological polar surface area (TPSA) is 33.1 Å². The van der Waals surface area contributed by atoms with Crippen LogP contribution in [0.4, 0.5) is 0 Å². The van der Waals surface area contributed by atoms with Crippen molar-refractivity contribution >= 4 is 21.6 Å². The van der Waals surface area contributed by atoms with Crippen molar-refractivity contribution in [3.8, 4) is 0 Å². The molecule has 0 saturated heterocycles. The number of hydrogen-bond acceptors (Lipinski definition) is 3. The minimum atomic E-state index is -1.07. The number of aliphatic hydroxyl groups is 1. The van der Waals surface area contributed by atoms with Crippen LogP contribution in [0.15, 0.2) is 66.7 Å². The summed E-state index contributed by atoms with van der Waals surface area (Å²) >= 11 is 1.56. The third-order valence-electron chi connectivity index (χ3n) is 3.81. The average molecular weight is 309 g/mol. The highest BCUT2D eigenvalue weighted by Gasteiger charge is 2.34. The lowest BCUT2D eigenvalue weighted by Crippen LogP contribution is -2.27. The van der Waals surface area contributed by atoms with Crippen LogP contribution >= 0.6 is 11.3 Å². The van der Waals surface area contributed by atoms with E-state index in [1.54, 1.807) is 11.3 Å². The van der Waals surface area contributed by atoms with Crippen molar-refractivity contribution in [2.24, 2.45) is 0 Å². The van der Waals surface area contributed by atoms with E-state index in [9.17, 15) is 5.11 Å². The number of fused-ring (bicyclic) bond motifs is 1. The molecule has 1 aromatic heterocycles. The highest BCUT2D eigenvalue weighted by molar-refractivity contribution is 7.18. The van der Waals surface area contributed by atoms with E-state index >= 15 is 0 Å². The van der Waals surface area contributed by atoms with Crippen LogP contribution in [0, 0.1) is 0 Å². The molecule has 2 nitrogen and oxygen atoms in total. The summed E-state index contributed by atoms with van der Waals surface area (Å²) in [5, 5.41) is 12.2. The van der Waals surface area contributed by atoms with E-state index in [1.807, 2.05) is 61.5 Å². The zero-order chi connectivity index (χ0) is 15.6. The fraction of sp³-hybridized carbons (Fsp3) is 0.211. The fourth-order valence-corrected chi connectivity index (χ4v) is 3.64. The van der Waals surface area contributed by atoms with E-state index in [4.69, 9.17) is 0 Å². The minimum absolute atomic E-state index is 0.589.